The Morgan fingerprint density at radius 2 is 1.78 bits per heavy atom. The second-order valence-corrected chi connectivity index (χ2v) is 9.12. The van der Waals surface area contributed by atoms with E-state index in [4.69, 9.17) is 4.74 Å². The van der Waals surface area contributed by atoms with Crippen LogP contribution < -0.4 is 10.6 Å². The lowest BCUT2D eigenvalue weighted by Crippen LogP contribution is -2.53. The van der Waals surface area contributed by atoms with Crippen molar-refractivity contribution in [1.29, 1.82) is 0 Å². The highest BCUT2D eigenvalue weighted by atomic mass is 32.2. The van der Waals surface area contributed by atoms with Gasteiger partial charge in [-0.2, -0.15) is 4.31 Å². The molecule has 0 spiro atoms. The molecule has 1 fully saturated rings. The zero-order valence-electron chi connectivity index (χ0n) is 17.3. The topological polar surface area (TPSA) is 105 Å². The molecule has 11 heteroatoms. The lowest BCUT2D eigenvalue weighted by Gasteiger charge is -2.34. The first-order valence-corrected chi connectivity index (χ1v) is 11.3. The summed E-state index contributed by atoms with van der Waals surface area (Å²) in [5.74, 6) is -2.82. The van der Waals surface area contributed by atoms with Gasteiger partial charge in [-0.05, 0) is 54.8 Å². The number of nitrogens with zero attached hydrogens (tertiary/aromatic N) is 1. The van der Waals surface area contributed by atoms with E-state index in [0.29, 0.717) is 12.0 Å². The largest absolute Gasteiger partial charge is 0.360 e. The third kappa shape index (κ3) is 5.67. The molecule has 0 bridgehead atoms. The molecule has 1 atom stereocenters. The predicted molar refractivity (Wildman–Crippen MR) is 111 cm³/mol. The van der Waals surface area contributed by atoms with E-state index in [-0.39, 0.29) is 36.7 Å². The lowest BCUT2D eigenvalue weighted by atomic mass is 10.2. The minimum Gasteiger partial charge on any atom is -0.360 e. The van der Waals surface area contributed by atoms with Gasteiger partial charge in [-0.1, -0.05) is 12.1 Å². The molecule has 1 aliphatic rings. The molecular formula is C21H23F2N3O5S. The minimum absolute atomic E-state index is 0.0247. The number of hydrogen-bond donors (Lipinski definition) is 2. The molecule has 0 aromatic heterocycles. The van der Waals surface area contributed by atoms with Crippen LogP contribution in [0.3, 0.4) is 0 Å². The summed E-state index contributed by atoms with van der Waals surface area (Å²) in [4.78, 5) is 24.1. The van der Waals surface area contributed by atoms with Crippen LogP contribution in [0.5, 0.6) is 0 Å². The van der Waals surface area contributed by atoms with Gasteiger partial charge in [0.1, 0.15) is 17.9 Å². The van der Waals surface area contributed by atoms with Crippen LogP contribution in [0.25, 0.3) is 0 Å². The highest BCUT2D eigenvalue weighted by molar-refractivity contribution is 7.89. The predicted octanol–water partition coefficient (Wildman–Crippen LogP) is 1.44. The molecule has 1 aliphatic heterocycles. The highest BCUT2D eigenvalue weighted by Gasteiger charge is 2.35. The minimum atomic E-state index is -4.01. The van der Waals surface area contributed by atoms with Gasteiger partial charge in [0.15, 0.2) is 0 Å². The standard InChI is InChI=1S/C21H23F2N3O5S/c1-14-11-17(7-8-18(14)23)32(29,30)26-9-2-10-31-19(26)13-25-21(28)20(27)24-12-15-3-5-16(22)6-4-15/h3-8,11,19H,2,9-10,12-13H2,1H3,(H,24,27)(H,25,28). The summed E-state index contributed by atoms with van der Waals surface area (Å²) in [7, 11) is -4.01. The number of halogens is 2. The van der Waals surface area contributed by atoms with E-state index >= 15 is 0 Å². The van der Waals surface area contributed by atoms with Crippen LogP contribution in [0, 0.1) is 18.6 Å². The van der Waals surface area contributed by atoms with Crippen LogP contribution in [-0.4, -0.2) is 50.5 Å². The van der Waals surface area contributed by atoms with Gasteiger partial charge in [-0.3, -0.25) is 9.59 Å². The van der Waals surface area contributed by atoms with Crippen molar-refractivity contribution >= 4 is 21.8 Å². The van der Waals surface area contributed by atoms with Crippen molar-refractivity contribution in [2.24, 2.45) is 0 Å². The molecule has 0 aliphatic carbocycles. The number of benzene rings is 2. The molecule has 0 radical (unpaired) electrons. The zero-order valence-corrected chi connectivity index (χ0v) is 18.1. The second-order valence-electron chi connectivity index (χ2n) is 7.22. The van der Waals surface area contributed by atoms with E-state index in [9.17, 15) is 26.8 Å². The van der Waals surface area contributed by atoms with Crippen LogP contribution >= 0.6 is 0 Å². The third-order valence-corrected chi connectivity index (χ3v) is 6.78. The fraction of sp³-hybridized carbons (Fsp3) is 0.333. The van der Waals surface area contributed by atoms with Crippen LogP contribution in [0.15, 0.2) is 47.4 Å². The molecule has 1 saturated heterocycles. The van der Waals surface area contributed by atoms with Crippen LogP contribution in [-0.2, 0) is 30.9 Å². The van der Waals surface area contributed by atoms with Gasteiger partial charge >= 0.3 is 11.8 Å². The fourth-order valence-corrected chi connectivity index (χ4v) is 4.79. The van der Waals surface area contributed by atoms with E-state index in [0.717, 1.165) is 10.4 Å². The Morgan fingerprint density at radius 3 is 2.47 bits per heavy atom. The molecule has 2 amide bonds. The van der Waals surface area contributed by atoms with Crippen LogP contribution in [0.1, 0.15) is 17.5 Å². The number of sulfonamides is 1. The van der Waals surface area contributed by atoms with Gasteiger partial charge < -0.3 is 15.4 Å². The van der Waals surface area contributed by atoms with E-state index in [1.165, 1.54) is 43.3 Å². The van der Waals surface area contributed by atoms with Gasteiger partial charge in [-0.15, -0.1) is 0 Å². The normalized spacial score (nSPS) is 17.0. The molecule has 2 aromatic rings. The first-order chi connectivity index (χ1) is 15.2. The Morgan fingerprint density at radius 1 is 1.09 bits per heavy atom. The molecule has 2 N–H and O–H groups in total. The van der Waals surface area contributed by atoms with Crippen LogP contribution in [0.2, 0.25) is 0 Å². The van der Waals surface area contributed by atoms with Crippen molar-refractivity contribution in [3.63, 3.8) is 0 Å². The third-order valence-electron chi connectivity index (χ3n) is 4.90. The number of hydrogen-bond acceptors (Lipinski definition) is 5. The number of aryl methyl sites for hydroxylation is 1. The summed E-state index contributed by atoms with van der Waals surface area (Å²) >= 11 is 0. The summed E-state index contributed by atoms with van der Waals surface area (Å²) in [5.41, 5.74) is 0.793. The summed E-state index contributed by atoms with van der Waals surface area (Å²) in [5, 5.41) is 4.77. The summed E-state index contributed by atoms with van der Waals surface area (Å²) in [6.07, 6.45) is -0.574. The van der Waals surface area contributed by atoms with Crippen LogP contribution in [0.4, 0.5) is 8.78 Å². The van der Waals surface area contributed by atoms with E-state index in [2.05, 4.69) is 10.6 Å². The molecule has 172 valence electrons. The SMILES string of the molecule is Cc1cc(S(=O)(=O)N2CCCOC2CNC(=O)C(=O)NCc2ccc(F)cc2)ccc1F. The Bertz CT molecular complexity index is 1090. The monoisotopic (exact) mass is 467 g/mol. The van der Waals surface area contributed by atoms with Crippen molar-refractivity contribution in [2.75, 3.05) is 19.7 Å². The van der Waals surface area contributed by atoms with Gasteiger partial charge in [0.25, 0.3) is 0 Å². The maximum absolute atomic E-state index is 13.5. The smallest absolute Gasteiger partial charge is 0.309 e. The summed E-state index contributed by atoms with van der Waals surface area (Å²) in [6, 6.07) is 8.91. The summed E-state index contributed by atoms with van der Waals surface area (Å²) < 4.78 is 59.1. The van der Waals surface area contributed by atoms with Crippen molar-refractivity contribution in [3.05, 3.63) is 65.2 Å². The van der Waals surface area contributed by atoms with Gasteiger partial charge in [-0.25, -0.2) is 17.2 Å². The average Bonchev–Trinajstić information content (AvgIpc) is 2.78. The van der Waals surface area contributed by atoms with Crippen molar-refractivity contribution in [2.45, 2.75) is 31.0 Å². The van der Waals surface area contributed by atoms with E-state index in [1.807, 2.05) is 0 Å². The Hall–Kier alpha value is -2.89. The first kappa shape index (κ1) is 23.8. The Balaban J connectivity index is 1.60. The number of rotatable bonds is 6. The first-order valence-electron chi connectivity index (χ1n) is 9.88. The number of carbonyl (C=O) groups is 2. The molecule has 1 heterocycles. The van der Waals surface area contributed by atoms with Gasteiger partial charge in [0.05, 0.1) is 18.0 Å². The maximum Gasteiger partial charge on any atom is 0.309 e. The van der Waals surface area contributed by atoms with Gasteiger partial charge in [0.2, 0.25) is 10.0 Å². The Labute approximate surface area is 184 Å². The Kier molecular flexibility index (Phi) is 7.54. The number of amides is 2. The second kappa shape index (κ2) is 10.2. The lowest BCUT2D eigenvalue weighted by molar-refractivity contribution is -0.140. The molecule has 2 aromatic carbocycles. The zero-order chi connectivity index (χ0) is 23.3. The maximum atomic E-state index is 13.5. The fourth-order valence-electron chi connectivity index (χ4n) is 3.14. The van der Waals surface area contributed by atoms with Crippen molar-refractivity contribution in [1.82, 2.24) is 14.9 Å². The highest BCUT2D eigenvalue weighted by Crippen LogP contribution is 2.23. The molecular weight excluding hydrogens is 444 g/mol. The van der Waals surface area contributed by atoms with Crippen molar-refractivity contribution < 1.29 is 31.5 Å². The molecule has 3 rings (SSSR count). The average molecular weight is 467 g/mol. The number of nitrogens with one attached hydrogen (secondary N) is 2. The number of carbonyl (C=O) groups excluding carboxylic acids is 2. The van der Waals surface area contributed by atoms with Crippen molar-refractivity contribution in [3.8, 4) is 0 Å². The molecule has 1 unspecified atom stereocenters. The molecule has 0 saturated carbocycles. The molecule has 8 nitrogen and oxygen atoms in total. The van der Waals surface area contributed by atoms with E-state index < -0.39 is 39.7 Å². The number of ether oxygens (including phenoxy) is 1. The van der Waals surface area contributed by atoms with Gasteiger partial charge in [0, 0.05) is 13.1 Å². The molecule has 32 heavy (non-hydrogen) atoms. The quantitative estimate of drug-likeness (QED) is 0.626. The van der Waals surface area contributed by atoms with E-state index in [1.54, 1.807) is 0 Å². The summed E-state index contributed by atoms with van der Waals surface area (Å²) in [6.45, 7) is 1.67.